The van der Waals surface area contributed by atoms with E-state index in [0.29, 0.717) is 24.8 Å². The van der Waals surface area contributed by atoms with Crippen molar-refractivity contribution in [2.75, 3.05) is 19.8 Å². The molecule has 0 spiro atoms. The van der Waals surface area contributed by atoms with Gasteiger partial charge in [-0.1, -0.05) is 30.7 Å². The van der Waals surface area contributed by atoms with Crippen LogP contribution in [0.15, 0.2) is 24.3 Å². The number of halogens is 1. The Morgan fingerprint density at radius 1 is 1.06 bits per heavy atom. The van der Waals surface area contributed by atoms with E-state index in [2.05, 4.69) is 6.92 Å². The lowest BCUT2D eigenvalue weighted by atomic mass is 9.91. The predicted octanol–water partition coefficient (Wildman–Crippen LogP) is 2.53. The Bertz CT molecular complexity index is 394. The molecule has 3 heterocycles. The quantitative estimate of drug-likeness (QED) is 0.755. The van der Waals surface area contributed by atoms with Crippen molar-refractivity contribution in [1.29, 1.82) is 0 Å². The maximum atomic E-state index is 6.14. The van der Waals surface area contributed by atoms with Gasteiger partial charge in [0.25, 0.3) is 0 Å². The lowest BCUT2D eigenvalue weighted by Gasteiger charge is -2.50. The third-order valence-electron chi connectivity index (χ3n) is 3.04. The zero-order valence-electron chi connectivity index (χ0n) is 9.03. The van der Waals surface area contributed by atoms with Gasteiger partial charge >= 0.3 is 5.97 Å². The summed E-state index contributed by atoms with van der Waals surface area (Å²) in [5.74, 6) is -1.09. The van der Waals surface area contributed by atoms with Crippen LogP contribution in [-0.2, 0) is 20.2 Å². The smallest absolute Gasteiger partial charge is 0.313 e. The summed E-state index contributed by atoms with van der Waals surface area (Å²) in [4.78, 5) is 0. The first-order valence-corrected chi connectivity index (χ1v) is 5.68. The molecule has 0 unspecified atom stereocenters. The fourth-order valence-electron chi connectivity index (χ4n) is 2.00. The lowest BCUT2D eigenvalue weighted by molar-refractivity contribution is -0.477. The first-order valence-electron chi connectivity index (χ1n) is 5.31. The Labute approximate surface area is 99.3 Å². The molecule has 4 heteroatoms. The van der Waals surface area contributed by atoms with Crippen LogP contribution in [-0.4, -0.2) is 19.8 Å². The number of ether oxygens (including phenoxy) is 3. The van der Waals surface area contributed by atoms with Crippen molar-refractivity contribution in [2.45, 2.75) is 12.9 Å². The van der Waals surface area contributed by atoms with E-state index in [1.54, 1.807) is 0 Å². The zero-order chi connectivity index (χ0) is 11.2. The summed E-state index contributed by atoms with van der Waals surface area (Å²) in [5, 5.41) is 0.605. The molecular formula is C12H13ClO3. The van der Waals surface area contributed by atoms with Gasteiger partial charge < -0.3 is 14.2 Å². The molecule has 1 aromatic rings. The maximum Gasteiger partial charge on any atom is 0.313 e. The summed E-state index contributed by atoms with van der Waals surface area (Å²) in [7, 11) is 0. The fourth-order valence-corrected chi connectivity index (χ4v) is 2.25. The second-order valence-corrected chi connectivity index (χ2v) is 5.12. The molecule has 86 valence electrons. The summed E-state index contributed by atoms with van der Waals surface area (Å²) < 4.78 is 17.1. The van der Waals surface area contributed by atoms with E-state index in [-0.39, 0.29) is 5.41 Å². The third-order valence-corrected chi connectivity index (χ3v) is 3.37. The predicted molar refractivity (Wildman–Crippen MR) is 59.1 cm³/mol. The molecule has 3 aliphatic rings. The summed E-state index contributed by atoms with van der Waals surface area (Å²) in [5.41, 5.74) is 0.724. The van der Waals surface area contributed by atoms with Crippen LogP contribution in [0.3, 0.4) is 0 Å². The molecule has 16 heavy (non-hydrogen) atoms. The van der Waals surface area contributed by atoms with Gasteiger partial charge in [-0.2, -0.15) is 0 Å². The SMILES string of the molecule is CC12COC(c3ccccc3Cl)(OC1)OC2. The highest BCUT2D eigenvalue weighted by Crippen LogP contribution is 2.45. The molecule has 0 N–H and O–H groups in total. The van der Waals surface area contributed by atoms with Crippen molar-refractivity contribution in [3.05, 3.63) is 34.9 Å². The summed E-state index contributed by atoms with van der Waals surface area (Å²) in [6, 6.07) is 7.45. The van der Waals surface area contributed by atoms with E-state index in [4.69, 9.17) is 25.8 Å². The number of benzene rings is 1. The van der Waals surface area contributed by atoms with E-state index in [9.17, 15) is 0 Å². The maximum absolute atomic E-state index is 6.14. The lowest BCUT2D eigenvalue weighted by Crippen LogP contribution is -2.57. The Morgan fingerprint density at radius 2 is 1.62 bits per heavy atom. The van der Waals surface area contributed by atoms with Crippen LogP contribution in [0.4, 0.5) is 0 Å². The number of hydrogen-bond acceptors (Lipinski definition) is 3. The van der Waals surface area contributed by atoms with Gasteiger partial charge in [0.05, 0.1) is 30.4 Å². The van der Waals surface area contributed by atoms with E-state index >= 15 is 0 Å². The van der Waals surface area contributed by atoms with Crippen molar-refractivity contribution in [2.24, 2.45) is 5.41 Å². The Balaban J connectivity index is 1.99. The minimum atomic E-state index is -1.09. The molecule has 3 fully saturated rings. The normalized spacial score (nSPS) is 37.6. The highest BCUT2D eigenvalue weighted by Gasteiger charge is 2.52. The van der Waals surface area contributed by atoms with Gasteiger partial charge in [-0.15, -0.1) is 0 Å². The van der Waals surface area contributed by atoms with Gasteiger partial charge in [0.1, 0.15) is 0 Å². The molecule has 0 aliphatic carbocycles. The molecule has 1 aromatic carbocycles. The van der Waals surface area contributed by atoms with Gasteiger partial charge in [0, 0.05) is 5.41 Å². The minimum Gasteiger partial charge on any atom is -0.323 e. The summed E-state index contributed by atoms with van der Waals surface area (Å²) >= 11 is 6.14. The standard InChI is InChI=1S/C12H13ClO3/c1-11-6-14-12(15-7-11,16-8-11)9-4-2-3-5-10(9)13/h2-5H,6-8H2,1H3. The van der Waals surface area contributed by atoms with Crippen LogP contribution in [0.2, 0.25) is 5.02 Å². The number of fused-ring (bicyclic) bond motifs is 3. The Morgan fingerprint density at radius 3 is 2.19 bits per heavy atom. The molecule has 3 aliphatic heterocycles. The third kappa shape index (κ3) is 1.47. The van der Waals surface area contributed by atoms with Gasteiger partial charge in [0.15, 0.2) is 0 Å². The molecule has 0 saturated carbocycles. The summed E-state index contributed by atoms with van der Waals surface area (Å²) in [6.07, 6.45) is 0. The molecule has 0 atom stereocenters. The molecule has 0 amide bonds. The molecule has 3 nitrogen and oxygen atoms in total. The zero-order valence-corrected chi connectivity index (χ0v) is 9.79. The van der Waals surface area contributed by atoms with Gasteiger partial charge in [-0.3, -0.25) is 0 Å². The molecule has 0 radical (unpaired) electrons. The van der Waals surface area contributed by atoms with Gasteiger partial charge in [-0.25, -0.2) is 0 Å². The highest BCUT2D eigenvalue weighted by molar-refractivity contribution is 6.31. The van der Waals surface area contributed by atoms with Gasteiger partial charge in [-0.05, 0) is 12.1 Å². The first-order chi connectivity index (χ1) is 7.64. The van der Waals surface area contributed by atoms with Crippen LogP contribution < -0.4 is 0 Å². The van der Waals surface area contributed by atoms with Crippen molar-refractivity contribution < 1.29 is 14.2 Å². The van der Waals surface area contributed by atoms with E-state index in [1.807, 2.05) is 24.3 Å². The van der Waals surface area contributed by atoms with Crippen LogP contribution in [0, 0.1) is 5.41 Å². The monoisotopic (exact) mass is 240 g/mol. The largest absolute Gasteiger partial charge is 0.323 e. The van der Waals surface area contributed by atoms with Crippen LogP contribution >= 0.6 is 11.6 Å². The highest BCUT2D eigenvalue weighted by atomic mass is 35.5. The number of rotatable bonds is 1. The van der Waals surface area contributed by atoms with Crippen LogP contribution in [0.1, 0.15) is 12.5 Å². The second kappa shape index (κ2) is 3.44. The molecule has 2 bridgehead atoms. The van der Waals surface area contributed by atoms with Crippen LogP contribution in [0.5, 0.6) is 0 Å². The van der Waals surface area contributed by atoms with Crippen molar-refractivity contribution in [3.63, 3.8) is 0 Å². The first kappa shape index (κ1) is 10.5. The summed E-state index contributed by atoms with van der Waals surface area (Å²) in [6.45, 7) is 4.00. The number of hydrogen-bond donors (Lipinski definition) is 0. The Hall–Kier alpha value is -0.610. The van der Waals surface area contributed by atoms with Gasteiger partial charge in [0.2, 0.25) is 0 Å². The van der Waals surface area contributed by atoms with Crippen molar-refractivity contribution >= 4 is 11.6 Å². The minimum absolute atomic E-state index is 0.0248. The topological polar surface area (TPSA) is 27.7 Å². The van der Waals surface area contributed by atoms with Crippen molar-refractivity contribution in [3.8, 4) is 0 Å². The molecule has 3 saturated heterocycles. The average molecular weight is 241 g/mol. The molecule has 4 rings (SSSR count). The Kier molecular flexibility index (Phi) is 2.27. The average Bonchev–Trinajstić information content (AvgIpc) is 2.31. The fraction of sp³-hybridized carbons (Fsp3) is 0.500. The second-order valence-electron chi connectivity index (χ2n) is 4.71. The molecular weight excluding hydrogens is 228 g/mol. The van der Waals surface area contributed by atoms with E-state index < -0.39 is 5.97 Å². The van der Waals surface area contributed by atoms with Crippen molar-refractivity contribution in [1.82, 2.24) is 0 Å². The molecule has 0 aromatic heterocycles. The van der Waals surface area contributed by atoms with Crippen LogP contribution in [0.25, 0.3) is 0 Å². The van der Waals surface area contributed by atoms with E-state index in [1.165, 1.54) is 0 Å². The van der Waals surface area contributed by atoms with E-state index in [0.717, 1.165) is 5.56 Å².